The maximum atomic E-state index is 12.1. The minimum absolute atomic E-state index is 0.0361. The van der Waals surface area contributed by atoms with Gasteiger partial charge in [-0.15, -0.1) is 0 Å². The minimum Gasteiger partial charge on any atom is -0.489 e. The topological polar surface area (TPSA) is 70.1 Å². The Bertz CT molecular complexity index is 779. The fourth-order valence-corrected chi connectivity index (χ4v) is 4.58. The van der Waals surface area contributed by atoms with Crippen LogP contribution >= 0.6 is 11.6 Å². The number of fused-ring (bicyclic) bond motifs is 1. The number of hydrogen-bond donors (Lipinski definition) is 1. The Balaban J connectivity index is 1.65. The molecule has 2 atom stereocenters. The maximum Gasteiger partial charge on any atom is 0.214 e. The summed E-state index contributed by atoms with van der Waals surface area (Å²) in [4.78, 5) is 2.07. The Morgan fingerprint density at radius 1 is 1.36 bits per heavy atom. The second-order valence-corrected chi connectivity index (χ2v) is 9.52. The lowest BCUT2D eigenvalue weighted by Gasteiger charge is -2.22. The van der Waals surface area contributed by atoms with Crippen molar-refractivity contribution in [3.8, 4) is 5.75 Å². The highest BCUT2D eigenvalue weighted by Gasteiger charge is 2.35. The third-order valence-electron chi connectivity index (χ3n) is 4.63. The molecule has 0 spiro atoms. The Labute approximate surface area is 153 Å². The molecule has 8 heteroatoms. The summed E-state index contributed by atoms with van der Waals surface area (Å²) in [5, 5.41) is 10.9. The fraction of sp³-hybridized carbons (Fsp3) is 0.529. The summed E-state index contributed by atoms with van der Waals surface area (Å²) in [6.07, 6.45) is 1.42. The van der Waals surface area contributed by atoms with Gasteiger partial charge in [-0.1, -0.05) is 11.6 Å². The molecule has 1 aromatic rings. The molecule has 2 aliphatic rings. The number of nitrogens with zero attached hydrogens (tertiary/aromatic N) is 2. The Hall–Kier alpha value is -1.12. The van der Waals surface area contributed by atoms with Crippen LogP contribution < -0.4 is 4.74 Å². The molecule has 1 N–H and O–H groups in total. The first-order valence-electron chi connectivity index (χ1n) is 8.17. The van der Waals surface area contributed by atoms with Crippen LogP contribution in [0.3, 0.4) is 0 Å². The van der Waals surface area contributed by atoms with Crippen LogP contribution in [0.25, 0.3) is 6.08 Å². The maximum absolute atomic E-state index is 12.1. The number of benzene rings is 1. The van der Waals surface area contributed by atoms with Crippen LogP contribution in [0.4, 0.5) is 0 Å². The number of aliphatic hydroxyl groups excluding tert-OH is 1. The number of rotatable bonds is 5. The highest BCUT2D eigenvalue weighted by atomic mass is 35.5. The van der Waals surface area contributed by atoms with Gasteiger partial charge in [-0.3, -0.25) is 4.90 Å². The predicted octanol–water partition coefficient (Wildman–Crippen LogP) is 1.30. The smallest absolute Gasteiger partial charge is 0.214 e. The lowest BCUT2D eigenvalue weighted by Crippen LogP contribution is -2.33. The van der Waals surface area contributed by atoms with Gasteiger partial charge in [0, 0.05) is 50.2 Å². The second kappa shape index (κ2) is 7.25. The number of sulfonamides is 1. The van der Waals surface area contributed by atoms with E-state index in [1.54, 1.807) is 6.07 Å². The zero-order valence-corrected chi connectivity index (χ0v) is 15.9. The first kappa shape index (κ1) is 18.7. The monoisotopic (exact) mass is 386 g/mol. The largest absolute Gasteiger partial charge is 0.489 e. The molecule has 0 radical (unpaired) electrons. The van der Waals surface area contributed by atoms with Crippen LogP contribution in [0.5, 0.6) is 5.75 Å². The summed E-state index contributed by atoms with van der Waals surface area (Å²) in [6, 6.07) is 5.51. The van der Waals surface area contributed by atoms with E-state index in [9.17, 15) is 13.5 Å². The summed E-state index contributed by atoms with van der Waals surface area (Å²) >= 11 is 6.03. The van der Waals surface area contributed by atoms with Gasteiger partial charge in [-0.25, -0.2) is 12.7 Å². The summed E-state index contributed by atoms with van der Waals surface area (Å²) in [6.45, 7) is 2.14. The van der Waals surface area contributed by atoms with E-state index in [1.807, 2.05) is 12.1 Å². The van der Waals surface area contributed by atoms with Crippen LogP contribution in [-0.2, 0) is 10.0 Å². The molecule has 6 nitrogen and oxygen atoms in total. The van der Waals surface area contributed by atoms with Crippen molar-refractivity contribution in [3.63, 3.8) is 0 Å². The molecule has 0 bridgehead atoms. The number of ether oxygens (including phenoxy) is 1. The summed E-state index contributed by atoms with van der Waals surface area (Å²) in [7, 11) is -0.293. The first-order valence-corrected chi connectivity index (χ1v) is 10.2. The number of likely N-dealkylation sites (tertiary alicyclic amines) is 1. The Morgan fingerprint density at radius 2 is 2.12 bits per heavy atom. The molecule has 1 saturated heterocycles. The highest BCUT2D eigenvalue weighted by molar-refractivity contribution is 7.89. The summed E-state index contributed by atoms with van der Waals surface area (Å²) in [5.41, 5.74) is 2.03. The zero-order chi connectivity index (χ0) is 18.2. The van der Waals surface area contributed by atoms with Crippen molar-refractivity contribution in [1.82, 2.24) is 9.21 Å². The van der Waals surface area contributed by atoms with Crippen LogP contribution in [0, 0.1) is 5.92 Å². The Kier molecular flexibility index (Phi) is 5.41. The van der Waals surface area contributed by atoms with E-state index in [0.29, 0.717) is 31.3 Å². The zero-order valence-electron chi connectivity index (χ0n) is 14.4. The molecular formula is C17H23ClN2O4S. The number of hydrogen-bond acceptors (Lipinski definition) is 5. The highest BCUT2D eigenvalue weighted by Crippen LogP contribution is 2.30. The first-order chi connectivity index (χ1) is 11.7. The van der Waals surface area contributed by atoms with E-state index in [-0.39, 0.29) is 11.7 Å². The number of aliphatic hydroxyl groups is 1. The van der Waals surface area contributed by atoms with Gasteiger partial charge in [0.15, 0.2) is 0 Å². The van der Waals surface area contributed by atoms with E-state index in [0.717, 1.165) is 16.9 Å². The Morgan fingerprint density at radius 3 is 2.84 bits per heavy atom. The fourth-order valence-electron chi connectivity index (χ4n) is 3.23. The third-order valence-corrected chi connectivity index (χ3v) is 6.83. The predicted molar refractivity (Wildman–Crippen MR) is 98.3 cm³/mol. The average molecular weight is 387 g/mol. The molecule has 0 amide bonds. The van der Waals surface area contributed by atoms with Crippen LogP contribution in [-0.4, -0.2) is 74.9 Å². The van der Waals surface area contributed by atoms with Crippen molar-refractivity contribution >= 4 is 27.7 Å². The van der Waals surface area contributed by atoms with Gasteiger partial charge < -0.3 is 9.84 Å². The van der Waals surface area contributed by atoms with Crippen molar-refractivity contribution in [2.75, 3.05) is 46.1 Å². The van der Waals surface area contributed by atoms with Gasteiger partial charge in [0.1, 0.15) is 12.4 Å². The molecule has 3 rings (SSSR count). The lowest BCUT2D eigenvalue weighted by molar-refractivity contribution is 0.149. The number of halogens is 1. The quantitative estimate of drug-likeness (QED) is 0.826. The third kappa shape index (κ3) is 4.35. The molecular weight excluding hydrogens is 364 g/mol. The van der Waals surface area contributed by atoms with Gasteiger partial charge in [0.05, 0.1) is 11.9 Å². The molecule has 0 aromatic heterocycles. The average Bonchev–Trinajstić information content (AvgIpc) is 2.85. The summed E-state index contributed by atoms with van der Waals surface area (Å²) < 4.78 is 31.1. The SMILES string of the molecule is CN(C)S(=O)(=O)C[C@@H]1CN(CC2=Cc3cc(Cl)ccc3OC2)C[C@@H]1O. The molecule has 1 aromatic carbocycles. The van der Waals surface area contributed by atoms with E-state index in [2.05, 4.69) is 11.0 Å². The lowest BCUT2D eigenvalue weighted by atomic mass is 10.1. The molecule has 2 aliphatic heterocycles. The van der Waals surface area contributed by atoms with Crippen molar-refractivity contribution in [2.45, 2.75) is 6.10 Å². The molecule has 0 unspecified atom stereocenters. The van der Waals surface area contributed by atoms with Crippen LogP contribution in [0.2, 0.25) is 5.02 Å². The van der Waals surface area contributed by atoms with Crippen LogP contribution in [0.15, 0.2) is 23.8 Å². The molecule has 138 valence electrons. The van der Waals surface area contributed by atoms with Gasteiger partial charge in [0.2, 0.25) is 10.0 Å². The van der Waals surface area contributed by atoms with Gasteiger partial charge in [-0.2, -0.15) is 0 Å². The molecule has 2 heterocycles. The van der Waals surface area contributed by atoms with Crippen LogP contribution in [0.1, 0.15) is 5.56 Å². The van der Waals surface area contributed by atoms with E-state index >= 15 is 0 Å². The molecule has 0 saturated carbocycles. The van der Waals surface area contributed by atoms with Crippen molar-refractivity contribution in [2.24, 2.45) is 5.92 Å². The van der Waals surface area contributed by atoms with E-state index in [1.165, 1.54) is 18.4 Å². The van der Waals surface area contributed by atoms with Crippen molar-refractivity contribution in [3.05, 3.63) is 34.4 Å². The van der Waals surface area contributed by atoms with Gasteiger partial charge in [0.25, 0.3) is 0 Å². The molecule has 1 fully saturated rings. The number of β-amino-alcohol motifs (C(OH)–C–C–N with tert-alkyl or cyclic N) is 1. The summed E-state index contributed by atoms with van der Waals surface area (Å²) in [5.74, 6) is 0.495. The van der Waals surface area contributed by atoms with E-state index in [4.69, 9.17) is 16.3 Å². The van der Waals surface area contributed by atoms with Crippen molar-refractivity contribution in [1.29, 1.82) is 0 Å². The second-order valence-electron chi connectivity index (χ2n) is 6.86. The van der Waals surface area contributed by atoms with Gasteiger partial charge >= 0.3 is 0 Å². The standard InChI is InChI=1S/C17H23ClN2O4S/c1-19(2)25(22,23)11-14-8-20(9-16(14)21)7-12-5-13-6-15(18)3-4-17(13)24-10-12/h3-6,14,16,21H,7-11H2,1-2H3/t14-,16-/m0/s1. The van der Waals surface area contributed by atoms with Gasteiger partial charge in [-0.05, 0) is 29.8 Å². The molecule has 25 heavy (non-hydrogen) atoms. The minimum atomic E-state index is -3.32. The molecule has 0 aliphatic carbocycles. The van der Waals surface area contributed by atoms with Crippen molar-refractivity contribution < 1.29 is 18.3 Å². The normalized spacial score (nSPS) is 24.1. The van der Waals surface area contributed by atoms with E-state index < -0.39 is 16.1 Å².